The van der Waals surface area contributed by atoms with Crippen LogP contribution in [0.2, 0.25) is 0 Å². The van der Waals surface area contributed by atoms with Gasteiger partial charge in [-0.25, -0.2) is 0 Å². The molecule has 144 valence electrons. The average Bonchev–Trinajstić information content (AvgIpc) is 3.23. The first-order valence-corrected chi connectivity index (χ1v) is 10.4. The van der Waals surface area contributed by atoms with Crippen LogP contribution in [-0.2, 0) is 32.2 Å². The Labute approximate surface area is 174 Å². The molecule has 2 aromatic carbocycles. The van der Waals surface area contributed by atoms with E-state index in [0.29, 0.717) is 33.0 Å². The molecule has 1 aliphatic heterocycles. The number of ether oxygens (including phenoxy) is 4. The molecule has 2 atom stereocenters. The molecule has 0 aromatic heterocycles. The van der Waals surface area contributed by atoms with E-state index in [9.17, 15) is 0 Å². The van der Waals surface area contributed by atoms with Crippen LogP contribution in [0.1, 0.15) is 11.1 Å². The molecule has 0 N–H and O–H groups in total. The predicted molar refractivity (Wildman–Crippen MR) is 114 cm³/mol. The summed E-state index contributed by atoms with van der Waals surface area (Å²) in [5, 5.41) is 0. The molecule has 5 heteroatoms. The standard InChI is InChI=1S/C22H25IO4/c23-20(17-24-15-18-7-3-1-4-8-18)21(11-12-22-25-13-14-26-22)27-16-19-9-5-2-6-10-19/h1-12,20-22H,13-17H2/b12-11+/t20-,21-/m0/s1. The Bertz CT molecular complexity index is 671. The number of hydrogen-bond donors (Lipinski definition) is 0. The summed E-state index contributed by atoms with van der Waals surface area (Å²) < 4.78 is 23.2. The first-order chi connectivity index (χ1) is 13.3. The molecular weight excluding hydrogens is 455 g/mol. The van der Waals surface area contributed by atoms with E-state index in [-0.39, 0.29) is 16.3 Å². The minimum absolute atomic E-state index is 0.0885. The molecule has 1 heterocycles. The Morgan fingerprint density at radius 2 is 1.52 bits per heavy atom. The van der Waals surface area contributed by atoms with Gasteiger partial charge in [0.05, 0.1) is 43.1 Å². The van der Waals surface area contributed by atoms with Crippen molar-refractivity contribution < 1.29 is 18.9 Å². The summed E-state index contributed by atoms with van der Waals surface area (Å²) in [7, 11) is 0. The summed E-state index contributed by atoms with van der Waals surface area (Å²) in [6, 6.07) is 20.4. The SMILES string of the molecule is I[C@@H](COCc1ccccc1)[C@H](/C=C/C1OCCO1)OCc1ccccc1. The van der Waals surface area contributed by atoms with Crippen LogP contribution in [0.3, 0.4) is 0 Å². The van der Waals surface area contributed by atoms with Crippen molar-refractivity contribution in [3.05, 3.63) is 83.9 Å². The molecule has 2 aromatic rings. The van der Waals surface area contributed by atoms with Gasteiger partial charge < -0.3 is 18.9 Å². The van der Waals surface area contributed by atoms with Gasteiger partial charge in [-0.1, -0.05) is 89.3 Å². The van der Waals surface area contributed by atoms with E-state index in [1.54, 1.807) is 0 Å². The maximum absolute atomic E-state index is 6.17. The quantitative estimate of drug-likeness (QED) is 0.285. The monoisotopic (exact) mass is 480 g/mol. The van der Waals surface area contributed by atoms with E-state index < -0.39 is 0 Å². The number of halogens is 1. The van der Waals surface area contributed by atoms with Gasteiger partial charge in [0.2, 0.25) is 0 Å². The molecule has 1 fully saturated rings. The molecule has 3 rings (SSSR count). The number of hydrogen-bond acceptors (Lipinski definition) is 4. The molecule has 0 unspecified atom stereocenters. The van der Waals surface area contributed by atoms with Crippen molar-refractivity contribution in [2.45, 2.75) is 29.5 Å². The van der Waals surface area contributed by atoms with Crippen molar-refractivity contribution in [2.24, 2.45) is 0 Å². The predicted octanol–water partition coefficient (Wildman–Crippen LogP) is 4.52. The van der Waals surface area contributed by atoms with Crippen LogP contribution in [0, 0.1) is 0 Å². The minimum atomic E-state index is -0.276. The third-order valence-corrected chi connectivity index (χ3v) is 5.20. The first-order valence-electron chi connectivity index (χ1n) is 9.14. The lowest BCUT2D eigenvalue weighted by atomic mass is 10.2. The largest absolute Gasteiger partial charge is 0.376 e. The third kappa shape index (κ3) is 7.35. The van der Waals surface area contributed by atoms with Crippen molar-refractivity contribution in [1.82, 2.24) is 0 Å². The van der Waals surface area contributed by atoms with Crippen molar-refractivity contribution in [2.75, 3.05) is 19.8 Å². The fourth-order valence-electron chi connectivity index (χ4n) is 2.69. The minimum Gasteiger partial charge on any atom is -0.376 e. The van der Waals surface area contributed by atoms with Gasteiger partial charge in [-0.3, -0.25) is 0 Å². The molecular formula is C22H25IO4. The summed E-state index contributed by atoms with van der Waals surface area (Å²) in [6.45, 7) is 3.03. The van der Waals surface area contributed by atoms with E-state index >= 15 is 0 Å². The second kappa shape index (κ2) is 11.6. The maximum Gasteiger partial charge on any atom is 0.177 e. The maximum atomic E-state index is 6.17. The highest BCUT2D eigenvalue weighted by Gasteiger charge is 2.19. The fourth-order valence-corrected chi connectivity index (χ4v) is 3.40. The Morgan fingerprint density at radius 3 is 2.15 bits per heavy atom. The van der Waals surface area contributed by atoms with Crippen LogP contribution in [-0.4, -0.2) is 36.1 Å². The summed E-state index contributed by atoms with van der Waals surface area (Å²) in [4.78, 5) is 0. The van der Waals surface area contributed by atoms with E-state index in [0.717, 1.165) is 5.56 Å². The highest BCUT2D eigenvalue weighted by molar-refractivity contribution is 14.1. The third-order valence-electron chi connectivity index (χ3n) is 4.14. The lowest BCUT2D eigenvalue weighted by molar-refractivity contribution is -0.00412. The smallest absolute Gasteiger partial charge is 0.177 e. The molecule has 0 bridgehead atoms. The van der Waals surface area contributed by atoms with Crippen molar-refractivity contribution in [3.63, 3.8) is 0 Å². The molecule has 1 aliphatic rings. The van der Waals surface area contributed by atoms with E-state index in [1.165, 1.54) is 5.56 Å². The van der Waals surface area contributed by atoms with Crippen LogP contribution in [0.5, 0.6) is 0 Å². The first kappa shape index (κ1) is 20.5. The summed E-state index contributed by atoms with van der Waals surface area (Å²) >= 11 is 2.39. The lowest BCUT2D eigenvalue weighted by Gasteiger charge is -2.21. The second-order valence-electron chi connectivity index (χ2n) is 6.27. The fraction of sp³-hybridized carbons (Fsp3) is 0.364. The molecule has 0 radical (unpaired) electrons. The topological polar surface area (TPSA) is 36.9 Å². The number of benzene rings is 2. The van der Waals surface area contributed by atoms with Crippen molar-refractivity contribution in [3.8, 4) is 0 Å². The van der Waals surface area contributed by atoms with Gasteiger partial charge in [0.15, 0.2) is 6.29 Å². The van der Waals surface area contributed by atoms with Gasteiger partial charge in [0.25, 0.3) is 0 Å². The summed E-state index contributed by atoms with van der Waals surface area (Å²) in [6.07, 6.45) is 3.60. The Balaban J connectivity index is 1.53. The van der Waals surface area contributed by atoms with Gasteiger partial charge in [-0.15, -0.1) is 0 Å². The molecule has 0 amide bonds. The van der Waals surface area contributed by atoms with E-state index in [4.69, 9.17) is 18.9 Å². The zero-order valence-electron chi connectivity index (χ0n) is 15.2. The molecule has 1 saturated heterocycles. The van der Waals surface area contributed by atoms with E-state index in [1.807, 2.05) is 48.6 Å². The van der Waals surface area contributed by atoms with Crippen LogP contribution < -0.4 is 0 Å². The van der Waals surface area contributed by atoms with Gasteiger partial charge >= 0.3 is 0 Å². The zero-order chi connectivity index (χ0) is 18.7. The Kier molecular flexibility index (Phi) is 8.77. The van der Waals surface area contributed by atoms with Crippen molar-refractivity contribution in [1.29, 1.82) is 0 Å². The molecule has 0 spiro atoms. The summed E-state index contributed by atoms with van der Waals surface area (Å²) in [5.41, 5.74) is 2.32. The number of rotatable bonds is 10. The second-order valence-corrected chi connectivity index (χ2v) is 7.87. The Hall–Kier alpha value is -1.25. The highest BCUT2D eigenvalue weighted by Crippen LogP contribution is 2.17. The lowest BCUT2D eigenvalue weighted by Crippen LogP contribution is -2.27. The molecule has 0 aliphatic carbocycles. The molecule has 0 saturated carbocycles. The van der Waals surface area contributed by atoms with Gasteiger partial charge in [-0.05, 0) is 17.2 Å². The van der Waals surface area contributed by atoms with Crippen LogP contribution in [0.25, 0.3) is 0 Å². The van der Waals surface area contributed by atoms with Crippen LogP contribution in [0.4, 0.5) is 0 Å². The van der Waals surface area contributed by atoms with Gasteiger partial charge in [-0.2, -0.15) is 0 Å². The van der Waals surface area contributed by atoms with Crippen molar-refractivity contribution >= 4 is 22.6 Å². The van der Waals surface area contributed by atoms with Crippen LogP contribution in [0.15, 0.2) is 72.8 Å². The van der Waals surface area contributed by atoms with E-state index in [2.05, 4.69) is 46.9 Å². The summed E-state index contributed by atoms with van der Waals surface area (Å²) in [5.74, 6) is 0. The molecule has 27 heavy (non-hydrogen) atoms. The number of alkyl halides is 1. The zero-order valence-corrected chi connectivity index (χ0v) is 17.4. The Morgan fingerprint density at radius 1 is 0.926 bits per heavy atom. The van der Waals surface area contributed by atoms with Crippen LogP contribution >= 0.6 is 22.6 Å². The average molecular weight is 480 g/mol. The van der Waals surface area contributed by atoms with Gasteiger partial charge in [0, 0.05) is 0 Å². The van der Waals surface area contributed by atoms with Gasteiger partial charge in [0.1, 0.15) is 0 Å². The highest BCUT2D eigenvalue weighted by atomic mass is 127. The molecule has 4 nitrogen and oxygen atoms in total. The normalized spacial score (nSPS) is 17.4.